The Morgan fingerprint density at radius 3 is 2.10 bits per heavy atom. The minimum atomic E-state index is -5.28. The summed E-state index contributed by atoms with van der Waals surface area (Å²) in [6.45, 7) is 3.67. The number of benzene rings is 1. The number of amides is 2. The largest absolute Gasteiger partial charge is 0.493 e. The molecule has 2 amide bonds. The van der Waals surface area contributed by atoms with Gasteiger partial charge in [0.05, 0.1) is 26.9 Å². The lowest BCUT2D eigenvalue weighted by Crippen LogP contribution is -2.66. The number of carbonyl (C=O) groups excluding carboxylic acids is 3. The van der Waals surface area contributed by atoms with E-state index in [1.54, 1.807) is 13.8 Å². The van der Waals surface area contributed by atoms with Gasteiger partial charge >= 0.3 is 6.18 Å². The number of halogens is 3. The van der Waals surface area contributed by atoms with Crippen LogP contribution in [0.3, 0.4) is 0 Å². The molecular weight excluding hydrogens is 517 g/mol. The van der Waals surface area contributed by atoms with Crippen molar-refractivity contribution in [1.82, 2.24) is 10.2 Å². The molecule has 0 radical (unpaired) electrons. The van der Waals surface area contributed by atoms with Gasteiger partial charge in [-0.15, -0.1) is 0 Å². The van der Waals surface area contributed by atoms with Crippen LogP contribution in [-0.4, -0.2) is 62.1 Å². The van der Waals surface area contributed by atoms with Crippen LogP contribution in [0.15, 0.2) is 23.4 Å². The third-order valence-electron chi connectivity index (χ3n) is 7.94. The SMILES string of the molecule is COc1cc(C(=O)N[C@]2(C(F)(F)F)C(=O)N(CC3CCCCC3)C3=C2C(=O)CC(C)(C)C3)cc(OC)c1OC. The van der Waals surface area contributed by atoms with Gasteiger partial charge in [-0.25, -0.2) is 0 Å². The number of ketones is 1. The predicted molar refractivity (Wildman–Crippen MR) is 136 cm³/mol. The normalized spacial score (nSPS) is 23.5. The lowest BCUT2D eigenvalue weighted by atomic mass is 9.72. The summed E-state index contributed by atoms with van der Waals surface area (Å²) in [7, 11) is 3.96. The number of nitrogens with zero attached hydrogens (tertiary/aromatic N) is 1. The van der Waals surface area contributed by atoms with E-state index in [1.807, 2.05) is 5.32 Å². The minimum absolute atomic E-state index is 0.0198. The molecule has 39 heavy (non-hydrogen) atoms. The van der Waals surface area contributed by atoms with Gasteiger partial charge in [-0.2, -0.15) is 13.2 Å². The van der Waals surface area contributed by atoms with E-state index in [-0.39, 0.29) is 53.8 Å². The Balaban J connectivity index is 1.83. The van der Waals surface area contributed by atoms with Crippen molar-refractivity contribution in [2.75, 3.05) is 27.9 Å². The molecule has 0 saturated heterocycles. The smallest absolute Gasteiger partial charge is 0.425 e. The second-order valence-electron chi connectivity index (χ2n) is 11.3. The van der Waals surface area contributed by atoms with Crippen molar-refractivity contribution in [3.8, 4) is 17.2 Å². The molecule has 3 aliphatic rings. The number of nitrogens with one attached hydrogen (secondary N) is 1. The predicted octanol–water partition coefficient (Wildman–Crippen LogP) is 4.81. The zero-order valence-electron chi connectivity index (χ0n) is 22.9. The van der Waals surface area contributed by atoms with E-state index >= 15 is 13.2 Å². The quantitative estimate of drug-likeness (QED) is 0.522. The van der Waals surface area contributed by atoms with E-state index in [1.165, 1.54) is 33.5 Å². The molecule has 0 aromatic heterocycles. The number of ether oxygens (including phenoxy) is 3. The summed E-state index contributed by atoms with van der Waals surface area (Å²) in [5.74, 6) is -3.06. The Hall–Kier alpha value is -3.24. The number of methoxy groups -OCH3 is 3. The number of hydrogen-bond acceptors (Lipinski definition) is 6. The number of alkyl halides is 3. The molecule has 8 nitrogen and oxygen atoms in total. The lowest BCUT2D eigenvalue weighted by Gasteiger charge is -2.35. The lowest BCUT2D eigenvalue weighted by molar-refractivity contribution is -0.190. The molecule has 1 aromatic carbocycles. The first kappa shape index (κ1) is 28.8. The maximum Gasteiger partial charge on any atom is 0.425 e. The average Bonchev–Trinajstić information content (AvgIpc) is 3.10. The molecule has 1 aromatic rings. The Morgan fingerprint density at radius 1 is 1.00 bits per heavy atom. The van der Waals surface area contributed by atoms with Crippen LogP contribution in [-0.2, 0) is 9.59 Å². The van der Waals surface area contributed by atoms with Crippen LogP contribution in [0, 0.1) is 11.3 Å². The molecule has 1 saturated carbocycles. The van der Waals surface area contributed by atoms with Gasteiger partial charge < -0.3 is 24.4 Å². The van der Waals surface area contributed by atoms with E-state index in [4.69, 9.17) is 14.2 Å². The molecular formula is C28H35F3N2O6. The highest BCUT2D eigenvalue weighted by atomic mass is 19.4. The summed E-state index contributed by atoms with van der Waals surface area (Å²) in [6, 6.07) is 2.39. The fourth-order valence-electron chi connectivity index (χ4n) is 6.10. The van der Waals surface area contributed by atoms with E-state index in [2.05, 4.69) is 0 Å². The van der Waals surface area contributed by atoms with Crippen LogP contribution in [0.2, 0.25) is 0 Å². The second-order valence-corrected chi connectivity index (χ2v) is 11.3. The molecule has 1 fully saturated rings. The molecule has 0 unspecified atom stereocenters. The summed E-state index contributed by atoms with van der Waals surface area (Å²) < 4.78 is 61.1. The first-order chi connectivity index (χ1) is 18.3. The number of carbonyl (C=O) groups is 3. The number of allylic oxidation sites excluding steroid dienone is 1. The minimum Gasteiger partial charge on any atom is -0.493 e. The Bertz CT molecular complexity index is 1180. The highest BCUT2D eigenvalue weighted by Crippen LogP contribution is 2.52. The van der Waals surface area contributed by atoms with Crippen molar-refractivity contribution in [1.29, 1.82) is 0 Å². The molecule has 1 atom stereocenters. The van der Waals surface area contributed by atoms with Crippen molar-refractivity contribution >= 4 is 17.6 Å². The van der Waals surface area contributed by atoms with Gasteiger partial charge in [-0.05, 0) is 42.7 Å². The Morgan fingerprint density at radius 2 is 1.59 bits per heavy atom. The molecule has 4 rings (SSSR count). The number of hydrogen-bond donors (Lipinski definition) is 1. The molecule has 11 heteroatoms. The van der Waals surface area contributed by atoms with E-state index in [9.17, 15) is 14.4 Å². The van der Waals surface area contributed by atoms with Crippen molar-refractivity contribution in [3.05, 3.63) is 29.0 Å². The van der Waals surface area contributed by atoms with Gasteiger partial charge in [0, 0.05) is 24.2 Å². The summed E-state index contributed by atoms with van der Waals surface area (Å²) in [5.41, 5.74) is -4.99. The van der Waals surface area contributed by atoms with Gasteiger partial charge in [0.25, 0.3) is 11.8 Å². The average molecular weight is 553 g/mol. The zero-order valence-corrected chi connectivity index (χ0v) is 22.9. The van der Waals surface area contributed by atoms with E-state index in [0.29, 0.717) is 0 Å². The van der Waals surface area contributed by atoms with Crippen LogP contribution in [0.4, 0.5) is 13.2 Å². The van der Waals surface area contributed by atoms with Gasteiger partial charge in [-0.1, -0.05) is 33.1 Å². The van der Waals surface area contributed by atoms with Crippen molar-refractivity contribution in [3.63, 3.8) is 0 Å². The standard InChI is InChI=1S/C28H35F3N2O6/c1-26(2)13-18-22(19(34)14-26)27(28(29,30)31,25(36)33(18)15-16-9-7-6-8-10-16)32-24(35)17-11-20(37-3)23(39-5)21(12-17)38-4/h11-12,16H,6-10,13-15H2,1-5H3,(H,32,35)/t27-/m0/s1. The fourth-order valence-corrected chi connectivity index (χ4v) is 6.10. The highest BCUT2D eigenvalue weighted by molar-refractivity contribution is 6.14. The summed E-state index contributed by atoms with van der Waals surface area (Å²) in [5, 5.41) is 1.98. The molecule has 1 N–H and O–H groups in total. The third kappa shape index (κ3) is 4.96. The number of rotatable bonds is 7. The number of Topliss-reactive ketones (excluding diaryl/α,β-unsaturated/α-hetero) is 1. The summed E-state index contributed by atoms with van der Waals surface area (Å²) >= 11 is 0. The molecule has 2 aliphatic carbocycles. The first-order valence-corrected chi connectivity index (χ1v) is 13.1. The molecule has 1 aliphatic heterocycles. The zero-order chi connectivity index (χ0) is 28.8. The topological polar surface area (TPSA) is 94.2 Å². The molecule has 0 bridgehead atoms. The van der Waals surface area contributed by atoms with E-state index in [0.717, 1.165) is 37.0 Å². The van der Waals surface area contributed by atoms with Gasteiger partial charge in [0.2, 0.25) is 11.3 Å². The van der Waals surface area contributed by atoms with Gasteiger partial charge in [0.1, 0.15) is 0 Å². The van der Waals surface area contributed by atoms with E-state index < -0.39 is 40.3 Å². The Labute approximate surface area is 225 Å². The molecule has 1 heterocycles. The first-order valence-electron chi connectivity index (χ1n) is 13.1. The third-order valence-corrected chi connectivity index (χ3v) is 7.94. The fraction of sp³-hybridized carbons (Fsp3) is 0.607. The maximum absolute atomic E-state index is 15.1. The molecule has 0 spiro atoms. The van der Waals surface area contributed by atoms with Crippen LogP contribution in [0.25, 0.3) is 0 Å². The van der Waals surface area contributed by atoms with Crippen molar-refractivity contribution in [2.45, 2.75) is 70.5 Å². The van der Waals surface area contributed by atoms with Crippen LogP contribution in [0.1, 0.15) is 69.2 Å². The van der Waals surface area contributed by atoms with Gasteiger partial charge in [0.15, 0.2) is 17.3 Å². The van der Waals surface area contributed by atoms with Crippen molar-refractivity contribution < 1.29 is 41.8 Å². The summed E-state index contributed by atoms with van der Waals surface area (Å²) in [6.07, 6.45) is -0.836. The summed E-state index contributed by atoms with van der Waals surface area (Å²) in [4.78, 5) is 41.9. The van der Waals surface area contributed by atoms with Crippen LogP contribution in [0.5, 0.6) is 17.2 Å². The monoisotopic (exact) mass is 552 g/mol. The maximum atomic E-state index is 15.1. The highest BCUT2D eigenvalue weighted by Gasteiger charge is 2.71. The van der Waals surface area contributed by atoms with Crippen LogP contribution >= 0.6 is 0 Å². The van der Waals surface area contributed by atoms with Gasteiger partial charge in [-0.3, -0.25) is 14.4 Å². The van der Waals surface area contributed by atoms with Crippen LogP contribution < -0.4 is 19.5 Å². The Kier molecular flexibility index (Phi) is 7.66. The molecule has 214 valence electrons. The second kappa shape index (κ2) is 10.4. The van der Waals surface area contributed by atoms with Crippen molar-refractivity contribution in [2.24, 2.45) is 11.3 Å².